The zero-order valence-corrected chi connectivity index (χ0v) is 12.3. The van der Waals surface area contributed by atoms with Crippen LogP contribution in [0.1, 0.15) is 0 Å². The van der Waals surface area contributed by atoms with Crippen LogP contribution in [0.3, 0.4) is 0 Å². The van der Waals surface area contributed by atoms with Crippen molar-refractivity contribution in [2.45, 2.75) is 6.04 Å². The molecule has 2 rings (SSSR count). The van der Waals surface area contributed by atoms with E-state index in [9.17, 15) is 9.90 Å². The van der Waals surface area contributed by atoms with Crippen molar-refractivity contribution >= 4 is 17.7 Å². The number of benzene rings is 1. The van der Waals surface area contributed by atoms with Gasteiger partial charge in [-0.2, -0.15) is 11.8 Å². The van der Waals surface area contributed by atoms with E-state index in [1.54, 1.807) is 18.9 Å². The van der Waals surface area contributed by atoms with Crippen molar-refractivity contribution in [3.8, 4) is 11.5 Å². The van der Waals surface area contributed by atoms with Crippen molar-refractivity contribution in [3.63, 3.8) is 0 Å². The molecule has 1 aliphatic heterocycles. The van der Waals surface area contributed by atoms with Gasteiger partial charge < -0.3 is 14.6 Å². The average molecular weight is 297 g/mol. The minimum Gasteiger partial charge on any atom is -0.497 e. The molecule has 1 heterocycles. The number of thioether (sulfide) groups is 1. The number of carboxylic acids is 1. The summed E-state index contributed by atoms with van der Waals surface area (Å²) in [6, 6.07) is 6.98. The molecule has 6 heteroatoms. The molecule has 1 aromatic carbocycles. The molecule has 0 amide bonds. The Morgan fingerprint density at radius 2 is 2.10 bits per heavy atom. The molecule has 1 unspecified atom stereocenters. The zero-order valence-electron chi connectivity index (χ0n) is 11.4. The number of nitrogens with zero attached hydrogens (tertiary/aromatic N) is 1. The normalized spacial score (nSPS) is 19.6. The minimum atomic E-state index is -0.748. The molecular weight excluding hydrogens is 278 g/mol. The number of carboxylic acid groups (broad SMARTS) is 1. The van der Waals surface area contributed by atoms with Crippen molar-refractivity contribution in [2.24, 2.45) is 0 Å². The van der Waals surface area contributed by atoms with Crippen LogP contribution < -0.4 is 9.47 Å². The second kappa shape index (κ2) is 7.40. The van der Waals surface area contributed by atoms with Crippen molar-refractivity contribution < 1.29 is 19.4 Å². The van der Waals surface area contributed by atoms with E-state index in [0.717, 1.165) is 23.8 Å². The molecule has 0 bridgehead atoms. The predicted molar refractivity (Wildman–Crippen MR) is 78.8 cm³/mol. The lowest BCUT2D eigenvalue weighted by Gasteiger charge is -2.32. The molecule has 0 saturated carbocycles. The highest BCUT2D eigenvalue weighted by molar-refractivity contribution is 7.99. The number of carbonyl (C=O) groups is 1. The third-order valence-corrected chi connectivity index (χ3v) is 4.25. The first-order chi connectivity index (χ1) is 9.70. The molecule has 0 radical (unpaired) electrons. The van der Waals surface area contributed by atoms with Gasteiger partial charge in [0.1, 0.15) is 24.1 Å². The van der Waals surface area contributed by atoms with Crippen LogP contribution in [0.5, 0.6) is 11.5 Å². The van der Waals surface area contributed by atoms with E-state index in [1.807, 2.05) is 29.2 Å². The fourth-order valence-electron chi connectivity index (χ4n) is 2.09. The quantitative estimate of drug-likeness (QED) is 0.860. The largest absolute Gasteiger partial charge is 0.497 e. The maximum atomic E-state index is 11.2. The molecule has 1 aromatic rings. The van der Waals surface area contributed by atoms with E-state index >= 15 is 0 Å². The topological polar surface area (TPSA) is 59.0 Å². The molecule has 1 atom stereocenters. The fraction of sp³-hybridized carbons (Fsp3) is 0.500. The molecule has 5 nitrogen and oxygen atoms in total. The Kier molecular flexibility index (Phi) is 5.55. The van der Waals surface area contributed by atoms with Crippen molar-refractivity contribution in [2.75, 3.05) is 38.3 Å². The number of rotatable bonds is 6. The second-order valence-corrected chi connectivity index (χ2v) is 5.64. The number of hydrogen-bond donors (Lipinski definition) is 1. The van der Waals surface area contributed by atoms with Gasteiger partial charge in [-0.3, -0.25) is 9.69 Å². The van der Waals surface area contributed by atoms with E-state index in [2.05, 4.69) is 0 Å². The summed E-state index contributed by atoms with van der Waals surface area (Å²) in [6.07, 6.45) is 0. The third kappa shape index (κ3) is 4.05. The van der Waals surface area contributed by atoms with Crippen LogP contribution in [0.15, 0.2) is 24.3 Å². The van der Waals surface area contributed by atoms with Gasteiger partial charge in [0, 0.05) is 24.6 Å². The van der Waals surface area contributed by atoms with Crippen LogP contribution in [-0.2, 0) is 4.79 Å². The zero-order chi connectivity index (χ0) is 14.4. The number of methoxy groups -OCH3 is 1. The second-order valence-electron chi connectivity index (χ2n) is 4.49. The van der Waals surface area contributed by atoms with E-state index in [1.165, 1.54) is 0 Å². The lowest BCUT2D eigenvalue weighted by Crippen LogP contribution is -2.48. The van der Waals surface area contributed by atoms with Gasteiger partial charge in [0.25, 0.3) is 0 Å². The average Bonchev–Trinajstić information content (AvgIpc) is 2.48. The lowest BCUT2D eigenvalue weighted by molar-refractivity contribution is -0.142. The molecule has 1 aliphatic rings. The highest BCUT2D eigenvalue weighted by Gasteiger charge is 2.28. The van der Waals surface area contributed by atoms with Crippen molar-refractivity contribution in [1.82, 2.24) is 4.90 Å². The molecule has 20 heavy (non-hydrogen) atoms. The molecule has 1 saturated heterocycles. The Balaban J connectivity index is 1.80. The van der Waals surface area contributed by atoms with E-state index in [-0.39, 0.29) is 0 Å². The van der Waals surface area contributed by atoms with Gasteiger partial charge in [-0.05, 0) is 24.3 Å². The summed E-state index contributed by atoms with van der Waals surface area (Å²) in [7, 11) is 1.62. The monoisotopic (exact) mass is 297 g/mol. The highest BCUT2D eigenvalue weighted by Crippen LogP contribution is 2.18. The number of aliphatic carboxylic acids is 1. The summed E-state index contributed by atoms with van der Waals surface area (Å²) in [5.74, 6) is 2.44. The summed E-state index contributed by atoms with van der Waals surface area (Å²) < 4.78 is 10.7. The molecule has 0 spiro atoms. The van der Waals surface area contributed by atoms with Gasteiger partial charge in [-0.25, -0.2) is 0 Å². The van der Waals surface area contributed by atoms with Gasteiger partial charge in [0.05, 0.1) is 7.11 Å². The maximum Gasteiger partial charge on any atom is 0.321 e. The molecule has 110 valence electrons. The first-order valence-corrected chi connectivity index (χ1v) is 7.67. The van der Waals surface area contributed by atoms with Crippen LogP contribution in [0.4, 0.5) is 0 Å². The summed E-state index contributed by atoms with van der Waals surface area (Å²) >= 11 is 1.69. The molecular formula is C14H19NO4S. The van der Waals surface area contributed by atoms with Gasteiger partial charge in [0.15, 0.2) is 0 Å². The van der Waals surface area contributed by atoms with Crippen LogP contribution in [0, 0.1) is 0 Å². The van der Waals surface area contributed by atoms with E-state index < -0.39 is 12.0 Å². The van der Waals surface area contributed by atoms with Crippen molar-refractivity contribution in [3.05, 3.63) is 24.3 Å². The Morgan fingerprint density at radius 1 is 1.40 bits per heavy atom. The van der Waals surface area contributed by atoms with Crippen molar-refractivity contribution in [1.29, 1.82) is 0 Å². The van der Waals surface area contributed by atoms with E-state index in [0.29, 0.717) is 18.9 Å². The third-order valence-electron chi connectivity index (χ3n) is 3.23. The van der Waals surface area contributed by atoms with Crippen LogP contribution >= 0.6 is 11.8 Å². The van der Waals surface area contributed by atoms with Crippen LogP contribution in [0.2, 0.25) is 0 Å². The standard InChI is InChI=1S/C14H19NO4S/c1-18-11-2-4-12(5-3-11)19-8-6-15-7-9-20-10-13(15)14(16)17/h2-5,13H,6-10H2,1H3,(H,16,17). The molecule has 0 aliphatic carbocycles. The van der Waals surface area contributed by atoms with Gasteiger partial charge in [0.2, 0.25) is 0 Å². The summed E-state index contributed by atoms with van der Waals surface area (Å²) in [4.78, 5) is 13.1. The SMILES string of the molecule is COc1ccc(OCCN2CCSCC2C(=O)O)cc1. The molecule has 0 aromatic heterocycles. The first kappa shape index (κ1) is 15.0. The van der Waals surface area contributed by atoms with Gasteiger partial charge in [-0.15, -0.1) is 0 Å². The Bertz CT molecular complexity index is 437. The number of ether oxygens (including phenoxy) is 2. The number of hydrogen-bond acceptors (Lipinski definition) is 5. The Labute approximate surface area is 122 Å². The Morgan fingerprint density at radius 3 is 2.75 bits per heavy atom. The predicted octanol–water partition coefficient (Wildman–Crippen LogP) is 1.58. The Hall–Kier alpha value is -1.40. The molecule has 1 N–H and O–H groups in total. The van der Waals surface area contributed by atoms with Crippen LogP contribution in [0.25, 0.3) is 0 Å². The van der Waals surface area contributed by atoms with Gasteiger partial charge in [-0.1, -0.05) is 0 Å². The van der Waals surface area contributed by atoms with E-state index in [4.69, 9.17) is 9.47 Å². The maximum absolute atomic E-state index is 11.2. The fourth-order valence-corrected chi connectivity index (χ4v) is 3.19. The van der Waals surface area contributed by atoms with Crippen LogP contribution in [-0.4, -0.2) is 60.3 Å². The molecule has 1 fully saturated rings. The summed E-state index contributed by atoms with van der Waals surface area (Å²) in [6.45, 7) is 1.91. The smallest absolute Gasteiger partial charge is 0.321 e. The summed E-state index contributed by atoms with van der Waals surface area (Å²) in [5, 5.41) is 9.17. The van der Waals surface area contributed by atoms with Gasteiger partial charge >= 0.3 is 5.97 Å². The summed E-state index contributed by atoms with van der Waals surface area (Å²) in [5.41, 5.74) is 0. The minimum absolute atomic E-state index is 0.395. The lowest BCUT2D eigenvalue weighted by atomic mass is 10.2. The first-order valence-electron chi connectivity index (χ1n) is 6.52. The highest BCUT2D eigenvalue weighted by atomic mass is 32.2.